The molecule has 0 rings (SSSR count). The Balaban J connectivity index is 3.22. The van der Waals surface area contributed by atoms with Gasteiger partial charge in [-0.05, 0) is 19.8 Å². The van der Waals surface area contributed by atoms with Gasteiger partial charge in [0, 0.05) is 0 Å². The molecule has 0 N–H and O–H groups in total. The summed E-state index contributed by atoms with van der Waals surface area (Å²) in [6.45, 7) is 12.0. The molecule has 0 radical (unpaired) electrons. The van der Waals surface area contributed by atoms with Crippen LogP contribution >= 0.6 is 0 Å². The normalized spacial score (nSPS) is 12.0. The molecule has 35 heavy (non-hydrogen) atoms. The average Bonchev–Trinajstić information content (AvgIpc) is 2.85. The summed E-state index contributed by atoms with van der Waals surface area (Å²) in [6.07, 6.45) is 4.09. The summed E-state index contributed by atoms with van der Waals surface area (Å²) in [4.78, 5) is 23.1. The van der Waals surface area contributed by atoms with E-state index in [2.05, 4.69) is 6.92 Å². The first-order chi connectivity index (χ1) is 17.2. The third-order valence-corrected chi connectivity index (χ3v) is 4.82. The maximum atomic E-state index is 12.0. The lowest BCUT2D eigenvalue weighted by molar-refractivity contribution is -0.150. The van der Waals surface area contributed by atoms with E-state index in [0.717, 1.165) is 25.7 Å². The van der Waals surface area contributed by atoms with Crippen LogP contribution in [-0.4, -0.2) is 104 Å². The fourth-order valence-corrected chi connectivity index (χ4v) is 2.85. The topological polar surface area (TPSA) is 108 Å². The molecule has 0 heterocycles. The Morgan fingerprint density at radius 2 is 1.00 bits per heavy atom. The van der Waals surface area contributed by atoms with Gasteiger partial charge < -0.3 is 37.9 Å². The van der Waals surface area contributed by atoms with Gasteiger partial charge in [0.1, 0.15) is 6.61 Å². The molecule has 0 aromatic heterocycles. The molecular formula is C25H48O10. The minimum absolute atomic E-state index is 0.00160. The van der Waals surface area contributed by atoms with Crippen molar-refractivity contribution in [2.24, 2.45) is 5.92 Å². The van der Waals surface area contributed by atoms with E-state index in [1.54, 1.807) is 6.92 Å². The highest BCUT2D eigenvalue weighted by atomic mass is 16.6. The van der Waals surface area contributed by atoms with E-state index in [0.29, 0.717) is 85.9 Å². The zero-order valence-electron chi connectivity index (χ0n) is 22.1. The van der Waals surface area contributed by atoms with Crippen LogP contribution in [0.3, 0.4) is 0 Å². The highest BCUT2D eigenvalue weighted by molar-refractivity contribution is 5.72. The van der Waals surface area contributed by atoms with Gasteiger partial charge in [0.15, 0.2) is 0 Å². The molecular weight excluding hydrogens is 460 g/mol. The van der Waals surface area contributed by atoms with Crippen molar-refractivity contribution < 1.29 is 47.5 Å². The lowest BCUT2D eigenvalue weighted by Crippen LogP contribution is -2.20. The Morgan fingerprint density at radius 1 is 0.571 bits per heavy atom. The zero-order chi connectivity index (χ0) is 25.8. The fourth-order valence-electron chi connectivity index (χ4n) is 2.85. The summed E-state index contributed by atoms with van der Waals surface area (Å²) in [6, 6.07) is 0. The molecule has 10 nitrogen and oxygen atoms in total. The lowest BCUT2D eigenvalue weighted by Gasteiger charge is -2.13. The SMILES string of the molecule is CCCCC(CC)C(=O)OCCOCCOCCOCCOCCOCCOCCC(=O)OCC. The van der Waals surface area contributed by atoms with Gasteiger partial charge in [0.05, 0.1) is 98.2 Å². The van der Waals surface area contributed by atoms with E-state index in [-0.39, 0.29) is 30.9 Å². The second-order valence-electron chi connectivity index (χ2n) is 7.64. The number of unbranched alkanes of at least 4 members (excludes halogenated alkanes) is 1. The van der Waals surface area contributed by atoms with Crippen molar-refractivity contribution in [3.8, 4) is 0 Å². The van der Waals surface area contributed by atoms with Gasteiger partial charge in [-0.2, -0.15) is 0 Å². The Morgan fingerprint density at radius 3 is 1.40 bits per heavy atom. The van der Waals surface area contributed by atoms with Crippen molar-refractivity contribution in [1.82, 2.24) is 0 Å². The number of hydrogen-bond acceptors (Lipinski definition) is 10. The van der Waals surface area contributed by atoms with Crippen molar-refractivity contribution in [2.75, 3.05) is 92.5 Å². The van der Waals surface area contributed by atoms with Gasteiger partial charge in [-0.3, -0.25) is 9.59 Å². The second kappa shape index (κ2) is 27.3. The van der Waals surface area contributed by atoms with Gasteiger partial charge >= 0.3 is 11.9 Å². The highest BCUT2D eigenvalue weighted by Gasteiger charge is 2.16. The minimum Gasteiger partial charge on any atom is -0.466 e. The monoisotopic (exact) mass is 508 g/mol. The first-order valence-corrected chi connectivity index (χ1v) is 12.9. The summed E-state index contributed by atoms with van der Waals surface area (Å²) in [5, 5.41) is 0. The molecule has 0 spiro atoms. The first kappa shape index (κ1) is 33.7. The zero-order valence-corrected chi connectivity index (χ0v) is 22.1. The van der Waals surface area contributed by atoms with Crippen LogP contribution in [0.2, 0.25) is 0 Å². The van der Waals surface area contributed by atoms with E-state index in [1.807, 2.05) is 6.92 Å². The summed E-state index contributed by atoms with van der Waals surface area (Å²) < 4.78 is 42.4. The van der Waals surface area contributed by atoms with Gasteiger partial charge in [-0.1, -0.05) is 26.7 Å². The molecule has 208 valence electrons. The molecule has 0 aliphatic rings. The molecule has 0 bridgehead atoms. The predicted octanol–water partition coefficient (Wildman–Crippen LogP) is 2.80. The van der Waals surface area contributed by atoms with Crippen LogP contribution in [0, 0.1) is 5.92 Å². The minimum atomic E-state index is -0.251. The Kier molecular flexibility index (Phi) is 26.3. The standard InChI is InChI=1S/C25H48O10/c1-4-7-8-23(5-2)25(27)35-22-21-33-20-19-32-18-17-31-16-15-30-14-13-29-12-11-28-10-9-24(26)34-6-3/h23H,4-22H2,1-3H3. The summed E-state index contributed by atoms with van der Waals surface area (Å²) in [5.74, 6) is -0.374. The van der Waals surface area contributed by atoms with Crippen LogP contribution in [0.15, 0.2) is 0 Å². The first-order valence-electron chi connectivity index (χ1n) is 12.9. The second-order valence-corrected chi connectivity index (χ2v) is 7.64. The number of esters is 2. The number of carbonyl (C=O) groups is 2. The third kappa shape index (κ3) is 24.2. The maximum Gasteiger partial charge on any atom is 0.308 e. The van der Waals surface area contributed by atoms with Crippen LogP contribution in [0.25, 0.3) is 0 Å². The van der Waals surface area contributed by atoms with Crippen molar-refractivity contribution >= 4 is 11.9 Å². The van der Waals surface area contributed by atoms with Crippen LogP contribution in [0.4, 0.5) is 0 Å². The van der Waals surface area contributed by atoms with Gasteiger partial charge in [-0.15, -0.1) is 0 Å². The Bertz CT molecular complexity index is 475. The number of hydrogen-bond donors (Lipinski definition) is 0. The van der Waals surface area contributed by atoms with Crippen LogP contribution in [-0.2, 0) is 47.5 Å². The number of carbonyl (C=O) groups excluding carboxylic acids is 2. The van der Waals surface area contributed by atoms with Gasteiger partial charge in [0.2, 0.25) is 0 Å². The summed E-state index contributed by atoms with van der Waals surface area (Å²) >= 11 is 0. The van der Waals surface area contributed by atoms with Crippen LogP contribution < -0.4 is 0 Å². The average molecular weight is 509 g/mol. The lowest BCUT2D eigenvalue weighted by atomic mass is 10.00. The Hall–Kier alpha value is -1.30. The Labute approximate surface area is 211 Å². The fraction of sp³-hybridized carbons (Fsp3) is 0.920. The van der Waals surface area contributed by atoms with Crippen LogP contribution in [0.1, 0.15) is 52.9 Å². The molecule has 0 saturated carbocycles. The van der Waals surface area contributed by atoms with E-state index >= 15 is 0 Å². The van der Waals surface area contributed by atoms with Gasteiger partial charge in [0.25, 0.3) is 0 Å². The molecule has 1 atom stereocenters. The summed E-state index contributed by atoms with van der Waals surface area (Å²) in [7, 11) is 0. The van der Waals surface area contributed by atoms with Gasteiger partial charge in [-0.25, -0.2) is 0 Å². The molecule has 10 heteroatoms. The summed E-state index contributed by atoms with van der Waals surface area (Å²) in [5.41, 5.74) is 0. The molecule has 0 aliphatic carbocycles. The van der Waals surface area contributed by atoms with E-state index in [9.17, 15) is 9.59 Å². The predicted molar refractivity (Wildman–Crippen MR) is 130 cm³/mol. The quantitative estimate of drug-likeness (QED) is 0.121. The van der Waals surface area contributed by atoms with Crippen molar-refractivity contribution in [3.05, 3.63) is 0 Å². The molecule has 0 aromatic carbocycles. The van der Waals surface area contributed by atoms with Crippen molar-refractivity contribution in [3.63, 3.8) is 0 Å². The molecule has 0 amide bonds. The largest absolute Gasteiger partial charge is 0.466 e. The molecule has 1 unspecified atom stereocenters. The smallest absolute Gasteiger partial charge is 0.308 e. The number of rotatable bonds is 27. The van der Waals surface area contributed by atoms with Crippen molar-refractivity contribution in [1.29, 1.82) is 0 Å². The van der Waals surface area contributed by atoms with E-state index < -0.39 is 0 Å². The van der Waals surface area contributed by atoms with E-state index in [1.165, 1.54) is 0 Å². The van der Waals surface area contributed by atoms with Crippen LogP contribution in [0.5, 0.6) is 0 Å². The van der Waals surface area contributed by atoms with E-state index in [4.69, 9.17) is 37.9 Å². The number of ether oxygens (including phenoxy) is 8. The van der Waals surface area contributed by atoms with Crippen molar-refractivity contribution in [2.45, 2.75) is 52.9 Å². The molecule has 0 saturated heterocycles. The molecule has 0 aliphatic heterocycles. The molecule has 0 fully saturated rings. The third-order valence-electron chi connectivity index (χ3n) is 4.82. The molecule has 0 aromatic rings. The maximum absolute atomic E-state index is 12.0. The highest BCUT2D eigenvalue weighted by Crippen LogP contribution is 2.14.